The number of rotatable bonds is 3. The first-order valence-corrected chi connectivity index (χ1v) is 4.77. The summed E-state index contributed by atoms with van der Waals surface area (Å²) in [6.07, 6.45) is 3.43. The van der Waals surface area contributed by atoms with Crippen molar-refractivity contribution in [3.8, 4) is 0 Å². The van der Waals surface area contributed by atoms with Gasteiger partial charge in [-0.05, 0) is 19.9 Å². The summed E-state index contributed by atoms with van der Waals surface area (Å²) in [6, 6.07) is 1.95. The molecule has 0 spiro atoms. The molecule has 2 heterocycles. The predicted molar refractivity (Wildman–Crippen MR) is 57.4 cm³/mol. The minimum absolute atomic E-state index is 0.655. The van der Waals surface area contributed by atoms with Gasteiger partial charge in [-0.2, -0.15) is 0 Å². The van der Waals surface area contributed by atoms with E-state index in [0.717, 1.165) is 17.1 Å². The Hall–Kier alpha value is -1.91. The zero-order chi connectivity index (χ0) is 10.7. The lowest BCUT2D eigenvalue weighted by Gasteiger charge is -2.04. The third-order valence-corrected chi connectivity index (χ3v) is 1.97. The number of H-pyrrole nitrogens is 1. The maximum Gasteiger partial charge on any atom is 0.223 e. The van der Waals surface area contributed by atoms with Crippen molar-refractivity contribution in [3.05, 3.63) is 35.7 Å². The summed E-state index contributed by atoms with van der Waals surface area (Å²) in [4.78, 5) is 15.5. The molecule has 0 aliphatic carbocycles. The second-order valence-electron chi connectivity index (χ2n) is 3.40. The summed E-state index contributed by atoms with van der Waals surface area (Å²) in [7, 11) is 0. The van der Waals surface area contributed by atoms with Gasteiger partial charge in [0, 0.05) is 17.6 Å². The van der Waals surface area contributed by atoms with Crippen molar-refractivity contribution in [3.63, 3.8) is 0 Å². The van der Waals surface area contributed by atoms with Crippen LogP contribution in [-0.4, -0.2) is 19.9 Å². The molecule has 2 rings (SSSR count). The summed E-state index contributed by atoms with van der Waals surface area (Å²) in [5, 5.41) is 3.14. The number of aryl methyl sites for hydroxylation is 2. The van der Waals surface area contributed by atoms with Crippen molar-refractivity contribution in [2.45, 2.75) is 20.4 Å². The smallest absolute Gasteiger partial charge is 0.223 e. The molecule has 0 amide bonds. The molecule has 0 fully saturated rings. The molecule has 0 bridgehead atoms. The zero-order valence-corrected chi connectivity index (χ0v) is 8.78. The minimum Gasteiger partial charge on any atom is -0.349 e. The number of imidazole rings is 1. The van der Waals surface area contributed by atoms with Crippen LogP contribution in [0.2, 0.25) is 0 Å². The molecule has 0 saturated carbocycles. The molecule has 15 heavy (non-hydrogen) atoms. The topological polar surface area (TPSA) is 66.5 Å². The minimum atomic E-state index is 0.655. The number of nitrogens with zero attached hydrogens (tertiary/aromatic N) is 3. The summed E-state index contributed by atoms with van der Waals surface area (Å²) in [6.45, 7) is 4.56. The lowest BCUT2D eigenvalue weighted by molar-refractivity contribution is 0.984. The van der Waals surface area contributed by atoms with E-state index in [1.54, 1.807) is 12.5 Å². The molecule has 0 unspecified atom stereocenters. The van der Waals surface area contributed by atoms with E-state index in [1.807, 2.05) is 19.9 Å². The standard InChI is InChI=1S/C10H13N5/c1-7-3-8(2)15-10(14-7)12-5-9-4-11-6-13-9/h3-4,6H,5H2,1-2H3,(H,11,13)(H,12,14,15). The molecule has 0 aliphatic rings. The Morgan fingerprint density at radius 3 is 2.60 bits per heavy atom. The fourth-order valence-electron chi connectivity index (χ4n) is 1.36. The largest absolute Gasteiger partial charge is 0.349 e. The molecule has 5 nitrogen and oxygen atoms in total. The van der Waals surface area contributed by atoms with E-state index >= 15 is 0 Å². The fraction of sp³-hybridized carbons (Fsp3) is 0.300. The highest BCUT2D eigenvalue weighted by molar-refractivity contribution is 5.28. The van der Waals surface area contributed by atoms with Gasteiger partial charge in [-0.1, -0.05) is 0 Å². The summed E-state index contributed by atoms with van der Waals surface area (Å²) in [5.41, 5.74) is 2.95. The van der Waals surface area contributed by atoms with E-state index in [9.17, 15) is 0 Å². The van der Waals surface area contributed by atoms with Crippen molar-refractivity contribution < 1.29 is 0 Å². The van der Waals surface area contributed by atoms with Gasteiger partial charge in [0.05, 0.1) is 18.6 Å². The Labute approximate surface area is 88.0 Å². The molecule has 5 heteroatoms. The zero-order valence-electron chi connectivity index (χ0n) is 8.78. The normalized spacial score (nSPS) is 10.3. The van der Waals surface area contributed by atoms with Gasteiger partial charge in [0.15, 0.2) is 0 Å². The molecule has 78 valence electrons. The van der Waals surface area contributed by atoms with Gasteiger partial charge in [0.1, 0.15) is 0 Å². The molecule has 2 aromatic rings. The average molecular weight is 203 g/mol. The molecule has 0 aromatic carbocycles. The number of hydrogen-bond acceptors (Lipinski definition) is 4. The SMILES string of the molecule is Cc1cc(C)nc(NCc2cnc[nH]2)n1. The average Bonchev–Trinajstić information content (AvgIpc) is 2.65. The van der Waals surface area contributed by atoms with Crippen molar-refractivity contribution in [2.75, 3.05) is 5.32 Å². The molecular weight excluding hydrogens is 190 g/mol. The van der Waals surface area contributed by atoms with Crippen LogP contribution < -0.4 is 5.32 Å². The van der Waals surface area contributed by atoms with Crippen molar-refractivity contribution in [2.24, 2.45) is 0 Å². The predicted octanol–water partition coefficient (Wildman–Crippen LogP) is 1.43. The molecule has 0 saturated heterocycles. The lowest BCUT2D eigenvalue weighted by Crippen LogP contribution is -2.05. The monoisotopic (exact) mass is 203 g/mol. The van der Waals surface area contributed by atoms with E-state index in [2.05, 4.69) is 25.3 Å². The Morgan fingerprint density at radius 1 is 1.27 bits per heavy atom. The van der Waals surface area contributed by atoms with Crippen molar-refractivity contribution >= 4 is 5.95 Å². The van der Waals surface area contributed by atoms with Crippen LogP contribution in [0, 0.1) is 13.8 Å². The molecular formula is C10H13N5. The molecule has 2 aromatic heterocycles. The van der Waals surface area contributed by atoms with Crippen LogP contribution >= 0.6 is 0 Å². The number of aromatic amines is 1. The number of anilines is 1. The van der Waals surface area contributed by atoms with Crippen LogP contribution in [0.15, 0.2) is 18.6 Å². The van der Waals surface area contributed by atoms with Gasteiger partial charge in [0.25, 0.3) is 0 Å². The van der Waals surface area contributed by atoms with Gasteiger partial charge < -0.3 is 10.3 Å². The fourth-order valence-corrected chi connectivity index (χ4v) is 1.36. The van der Waals surface area contributed by atoms with Crippen LogP contribution in [0.5, 0.6) is 0 Å². The van der Waals surface area contributed by atoms with Gasteiger partial charge >= 0.3 is 0 Å². The van der Waals surface area contributed by atoms with Crippen LogP contribution in [-0.2, 0) is 6.54 Å². The highest BCUT2D eigenvalue weighted by Crippen LogP contribution is 2.04. The first-order chi connectivity index (χ1) is 7.24. The van der Waals surface area contributed by atoms with Gasteiger partial charge in [-0.15, -0.1) is 0 Å². The molecule has 0 atom stereocenters. The highest BCUT2D eigenvalue weighted by atomic mass is 15.1. The molecule has 0 aliphatic heterocycles. The van der Waals surface area contributed by atoms with E-state index in [1.165, 1.54) is 0 Å². The maximum absolute atomic E-state index is 4.28. The number of aromatic nitrogens is 4. The van der Waals surface area contributed by atoms with Crippen LogP contribution in [0.3, 0.4) is 0 Å². The third kappa shape index (κ3) is 2.52. The van der Waals surface area contributed by atoms with E-state index in [4.69, 9.17) is 0 Å². The van der Waals surface area contributed by atoms with E-state index in [-0.39, 0.29) is 0 Å². The van der Waals surface area contributed by atoms with Crippen LogP contribution in [0.25, 0.3) is 0 Å². The van der Waals surface area contributed by atoms with Crippen LogP contribution in [0.1, 0.15) is 17.1 Å². The quantitative estimate of drug-likeness (QED) is 0.791. The number of hydrogen-bond donors (Lipinski definition) is 2. The first kappa shape index (κ1) is 9.64. The lowest BCUT2D eigenvalue weighted by atomic mass is 10.3. The van der Waals surface area contributed by atoms with Gasteiger partial charge in [-0.3, -0.25) is 0 Å². The summed E-state index contributed by atoms with van der Waals surface area (Å²) < 4.78 is 0. The molecule has 2 N–H and O–H groups in total. The second-order valence-corrected chi connectivity index (χ2v) is 3.40. The summed E-state index contributed by atoms with van der Waals surface area (Å²) >= 11 is 0. The van der Waals surface area contributed by atoms with Crippen molar-refractivity contribution in [1.29, 1.82) is 0 Å². The first-order valence-electron chi connectivity index (χ1n) is 4.77. The van der Waals surface area contributed by atoms with Crippen LogP contribution in [0.4, 0.5) is 5.95 Å². The highest BCUT2D eigenvalue weighted by Gasteiger charge is 1.99. The van der Waals surface area contributed by atoms with Crippen molar-refractivity contribution in [1.82, 2.24) is 19.9 Å². The van der Waals surface area contributed by atoms with E-state index in [0.29, 0.717) is 12.5 Å². The van der Waals surface area contributed by atoms with Gasteiger partial charge in [0.2, 0.25) is 5.95 Å². The van der Waals surface area contributed by atoms with E-state index < -0.39 is 0 Å². The molecule has 0 radical (unpaired) electrons. The Morgan fingerprint density at radius 2 is 2.00 bits per heavy atom. The Bertz CT molecular complexity index is 415. The second kappa shape index (κ2) is 4.08. The number of nitrogens with one attached hydrogen (secondary N) is 2. The Kier molecular flexibility index (Phi) is 2.62. The Balaban J connectivity index is 2.05. The third-order valence-electron chi connectivity index (χ3n) is 1.97. The summed E-state index contributed by atoms with van der Waals surface area (Å²) in [5.74, 6) is 0.655. The maximum atomic E-state index is 4.28. The van der Waals surface area contributed by atoms with Gasteiger partial charge in [-0.25, -0.2) is 15.0 Å².